The van der Waals surface area contributed by atoms with E-state index in [1.54, 1.807) is 0 Å². The van der Waals surface area contributed by atoms with Crippen molar-refractivity contribution in [3.05, 3.63) is 0 Å². The number of halogens is 1. The summed E-state index contributed by atoms with van der Waals surface area (Å²) in [6, 6.07) is 0. The molecule has 5 heteroatoms. The maximum absolute atomic E-state index is 11.2. The van der Waals surface area contributed by atoms with Crippen molar-refractivity contribution in [2.24, 2.45) is 0 Å². The Bertz CT molecular complexity index is 207. The van der Waals surface area contributed by atoms with Gasteiger partial charge in [0, 0.05) is 19.7 Å². The van der Waals surface area contributed by atoms with Crippen LogP contribution in [-0.2, 0) is 14.3 Å². The molecule has 0 aromatic carbocycles. The van der Waals surface area contributed by atoms with Gasteiger partial charge in [0.05, 0.1) is 13.2 Å². The largest absolute Gasteiger partial charge is 0.468 e. The molecule has 15 heavy (non-hydrogen) atoms. The molecule has 0 amide bonds. The lowest BCUT2D eigenvalue weighted by Crippen LogP contribution is -2.36. The Hall–Kier alpha value is -0.130. The number of rotatable bonds is 5. The number of methoxy groups -OCH3 is 1. The van der Waals surface area contributed by atoms with Crippen molar-refractivity contribution in [1.29, 1.82) is 0 Å². The lowest BCUT2D eigenvalue weighted by Gasteiger charge is -2.21. The van der Waals surface area contributed by atoms with Crippen molar-refractivity contribution in [1.82, 2.24) is 4.90 Å². The monoisotopic (exact) mass is 279 g/mol. The van der Waals surface area contributed by atoms with Crippen LogP contribution in [0, 0.1) is 0 Å². The Kier molecular flexibility index (Phi) is 5.56. The minimum Gasteiger partial charge on any atom is -0.468 e. The van der Waals surface area contributed by atoms with Gasteiger partial charge in [0.1, 0.15) is 4.83 Å². The minimum atomic E-state index is -0.256. The first-order valence-corrected chi connectivity index (χ1v) is 6.07. The summed E-state index contributed by atoms with van der Waals surface area (Å²) in [6.07, 6.45) is 2.59. The van der Waals surface area contributed by atoms with Gasteiger partial charge in [-0.15, -0.1) is 0 Å². The summed E-state index contributed by atoms with van der Waals surface area (Å²) in [5.74, 6) is -0.228. The molecule has 1 saturated heterocycles. The fourth-order valence-corrected chi connectivity index (χ4v) is 2.37. The van der Waals surface area contributed by atoms with Crippen LogP contribution in [-0.4, -0.2) is 55.7 Å². The first-order valence-electron chi connectivity index (χ1n) is 5.15. The second kappa shape index (κ2) is 6.45. The molecule has 0 spiro atoms. The van der Waals surface area contributed by atoms with Crippen molar-refractivity contribution < 1.29 is 14.3 Å². The zero-order chi connectivity index (χ0) is 11.3. The van der Waals surface area contributed by atoms with E-state index in [1.807, 2.05) is 7.05 Å². The SMILES string of the molecule is COC(=O)C(Br)CN(C)CC1CCCO1. The van der Waals surface area contributed by atoms with Gasteiger partial charge in [-0.1, -0.05) is 15.9 Å². The third-order valence-electron chi connectivity index (χ3n) is 2.47. The van der Waals surface area contributed by atoms with Gasteiger partial charge in [-0.2, -0.15) is 0 Å². The first-order chi connectivity index (χ1) is 7.13. The minimum absolute atomic E-state index is 0.228. The number of hydrogen-bond acceptors (Lipinski definition) is 4. The molecule has 0 aromatic heterocycles. The Morgan fingerprint density at radius 1 is 1.73 bits per heavy atom. The topological polar surface area (TPSA) is 38.8 Å². The second-order valence-corrected chi connectivity index (χ2v) is 4.95. The van der Waals surface area contributed by atoms with Crippen molar-refractivity contribution >= 4 is 21.9 Å². The highest BCUT2D eigenvalue weighted by Crippen LogP contribution is 2.13. The van der Waals surface area contributed by atoms with Gasteiger partial charge in [-0.3, -0.25) is 4.79 Å². The van der Waals surface area contributed by atoms with Crippen molar-refractivity contribution in [2.45, 2.75) is 23.8 Å². The lowest BCUT2D eigenvalue weighted by molar-refractivity contribution is -0.140. The number of esters is 1. The van der Waals surface area contributed by atoms with Crippen molar-refractivity contribution in [3.8, 4) is 0 Å². The Morgan fingerprint density at radius 3 is 3.00 bits per heavy atom. The third-order valence-corrected chi connectivity index (χ3v) is 3.13. The average Bonchev–Trinajstić information content (AvgIpc) is 2.68. The summed E-state index contributed by atoms with van der Waals surface area (Å²) in [5.41, 5.74) is 0. The van der Waals surface area contributed by atoms with Crippen LogP contribution in [0.4, 0.5) is 0 Å². The van der Waals surface area contributed by atoms with Crippen molar-refractivity contribution in [3.63, 3.8) is 0 Å². The van der Waals surface area contributed by atoms with Crippen LogP contribution in [0.15, 0.2) is 0 Å². The molecule has 0 N–H and O–H groups in total. The van der Waals surface area contributed by atoms with E-state index < -0.39 is 0 Å². The summed E-state index contributed by atoms with van der Waals surface area (Å²) in [7, 11) is 3.38. The molecule has 1 fully saturated rings. The molecule has 1 aliphatic heterocycles. The number of nitrogens with zero attached hydrogens (tertiary/aromatic N) is 1. The molecule has 0 saturated carbocycles. The molecule has 2 unspecified atom stereocenters. The predicted molar refractivity (Wildman–Crippen MR) is 61.2 cm³/mol. The summed E-state index contributed by atoms with van der Waals surface area (Å²) >= 11 is 3.30. The molecule has 1 heterocycles. The Labute approximate surface area is 99.0 Å². The standard InChI is InChI=1S/C10H18BrNO3/c1-12(6-8-4-3-5-15-8)7-9(11)10(13)14-2/h8-9H,3-7H2,1-2H3. The van der Waals surface area contributed by atoms with E-state index in [2.05, 4.69) is 25.6 Å². The van der Waals surface area contributed by atoms with Crippen LogP contribution in [0.1, 0.15) is 12.8 Å². The first kappa shape index (κ1) is 12.9. The summed E-state index contributed by atoms with van der Waals surface area (Å²) in [6.45, 7) is 2.39. The van der Waals surface area contributed by atoms with Crippen LogP contribution in [0.3, 0.4) is 0 Å². The number of carbonyl (C=O) groups is 1. The van der Waals surface area contributed by atoms with E-state index in [-0.39, 0.29) is 10.8 Å². The van der Waals surface area contributed by atoms with Crippen LogP contribution in [0.2, 0.25) is 0 Å². The smallest absolute Gasteiger partial charge is 0.320 e. The van der Waals surface area contributed by atoms with E-state index in [0.29, 0.717) is 12.6 Å². The van der Waals surface area contributed by atoms with E-state index in [1.165, 1.54) is 7.11 Å². The zero-order valence-corrected chi connectivity index (χ0v) is 10.8. The van der Waals surface area contributed by atoms with Gasteiger partial charge < -0.3 is 14.4 Å². The van der Waals surface area contributed by atoms with Gasteiger partial charge in [0.15, 0.2) is 0 Å². The van der Waals surface area contributed by atoms with Crippen LogP contribution >= 0.6 is 15.9 Å². The molecule has 1 aliphatic rings. The number of alkyl halides is 1. The highest BCUT2D eigenvalue weighted by molar-refractivity contribution is 9.10. The van der Waals surface area contributed by atoms with Gasteiger partial charge in [0.25, 0.3) is 0 Å². The highest BCUT2D eigenvalue weighted by Gasteiger charge is 2.21. The molecule has 0 aromatic rings. The van der Waals surface area contributed by atoms with Crippen LogP contribution in [0.5, 0.6) is 0 Å². The molecule has 0 aliphatic carbocycles. The Morgan fingerprint density at radius 2 is 2.47 bits per heavy atom. The normalized spacial score (nSPS) is 23.1. The lowest BCUT2D eigenvalue weighted by atomic mass is 10.2. The molecule has 0 bridgehead atoms. The van der Waals surface area contributed by atoms with Gasteiger partial charge >= 0.3 is 5.97 Å². The molecule has 4 nitrogen and oxygen atoms in total. The highest BCUT2D eigenvalue weighted by atomic mass is 79.9. The predicted octanol–water partition coefficient (Wildman–Crippen LogP) is 1.03. The molecule has 1 rings (SSSR count). The van der Waals surface area contributed by atoms with Gasteiger partial charge in [-0.05, 0) is 19.9 Å². The van der Waals surface area contributed by atoms with E-state index in [0.717, 1.165) is 26.0 Å². The molecular formula is C10H18BrNO3. The molecule has 88 valence electrons. The third kappa shape index (κ3) is 4.49. The fourth-order valence-electron chi connectivity index (χ4n) is 1.69. The van der Waals surface area contributed by atoms with Gasteiger partial charge in [-0.25, -0.2) is 0 Å². The van der Waals surface area contributed by atoms with Crippen molar-refractivity contribution in [2.75, 3.05) is 33.9 Å². The summed E-state index contributed by atoms with van der Waals surface area (Å²) < 4.78 is 10.2. The number of ether oxygens (including phenoxy) is 2. The maximum atomic E-state index is 11.2. The number of carbonyl (C=O) groups excluding carboxylic acids is 1. The number of hydrogen-bond donors (Lipinski definition) is 0. The van der Waals surface area contributed by atoms with Crippen LogP contribution < -0.4 is 0 Å². The van der Waals surface area contributed by atoms with Crippen LogP contribution in [0.25, 0.3) is 0 Å². The quantitative estimate of drug-likeness (QED) is 0.557. The van der Waals surface area contributed by atoms with E-state index in [9.17, 15) is 4.79 Å². The van der Waals surface area contributed by atoms with E-state index >= 15 is 0 Å². The maximum Gasteiger partial charge on any atom is 0.320 e. The van der Waals surface area contributed by atoms with Gasteiger partial charge in [0.2, 0.25) is 0 Å². The molecule has 0 radical (unpaired) electrons. The second-order valence-electron chi connectivity index (χ2n) is 3.85. The summed E-state index contributed by atoms with van der Waals surface area (Å²) in [5, 5.41) is 0. The molecule has 2 atom stereocenters. The average molecular weight is 280 g/mol. The zero-order valence-electron chi connectivity index (χ0n) is 9.24. The van der Waals surface area contributed by atoms with E-state index in [4.69, 9.17) is 4.74 Å². The fraction of sp³-hybridized carbons (Fsp3) is 0.900. The summed E-state index contributed by atoms with van der Waals surface area (Å²) in [4.78, 5) is 13.0. The Balaban J connectivity index is 2.22. The number of likely N-dealkylation sites (N-methyl/N-ethyl adjacent to an activating group) is 1. The molecular weight excluding hydrogens is 262 g/mol.